The van der Waals surface area contributed by atoms with Crippen LogP contribution in [0.1, 0.15) is 22.8 Å². The van der Waals surface area contributed by atoms with Crippen molar-refractivity contribution in [2.45, 2.75) is 12.8 Å². The highest BCUT2D eigenvalue weighted by molar-refractivity contribution is 5.41. The van der Waals surface area contributed by atoms with E-state index in [9.17, 15) is 0 Å². The Labute approximate surface area is 139 Å². The molecule has 6 nitrogen and oxygen atoms in total. The maximum absolute atomic E-state index is 4.48. The zero-order valence-corrected chi connectivity index (χ0v) is 13.0. The summed E-state index contributed by atoms with van der Waals surface area (Å²) < 4.78 is 0. The van der Waals surface area contributed by atoms with E-state index in [0.717, 1.165) is 11.6 Å². The first-order valence-corrected chi connectivity index (χ1v) is 7.77. The molecule has 0 spiro atoms. The van der Waals surface area contributed by atoms with Gasteiger partial charge in [0.05, 0.1) is 0 Å². The summed E-state index contributed by atoms with van der Waals surface area (Å²) in [5, 5.41) is 14.4. The minimum absolute atomic E-state index is 0.511. The maximum Gasteiger partial charge on any atom is 0.220 e. The van der Waals surface area contributed by atoms with E-state index in [-0.39, 0.29) is 0 Å². The van der Waals surface area contributed by atoms with Gasteiger partial charge in [0.25, 0.3) is 0 Å². The van der Waals surface area contributed by atoms with Crippen LogP contribution in [0.15, 0.2) is 60.7 Å². The number of hydrogen-bond acceptors (Lipinski definition) is 4. The summed E-state index contributed by atoms with van der Waals surface area (Å²) in [5.74, 6) is 2.62. The van der Waals surface area contributed by atoms with Crippen molar-refractivity contribution in [1.82, 2.24) is 30.4 Å². The van der Waals surface area contributed by atoms with Gasteiger partial charge in [-0.05, 0) is 11.1 Å². The predicted molar refractivity (Wildman–Crippen MR) is 90.3 cm³/mol. The Morgan fingerprint density at radius 2 is 1.00 bits per heavy atom. The Hall–Kier alpha value is -3.28. The van der Waals surface area contributed by atoms with Crippen LogP contribution in [0.4, 0.5) is 0 Å². The predicted octanol–water partition coefficient (Wildman–Crippen LogP) is 2.77. The van der Waals surface area contributed by atoms with Crippen molar-refractivity contribution in [3.8, 4) is 11.6 Å². The van der Waals surface area contributed by atoms with Crippen molar-refractivity contribution < 1.29 is 0 Å². The molecular weight excluding hydrogens is 300 g/mol. The molecule has 4 rings (SSSR count). The van der Waals surface area contributed by atoms with Gasteiger partial charge in [-0.3, -0.25) is 10.2 Å². The summed E-state index contributed by atoms with van der Waals surface area (Å²) in [7, 11) is 0. The maximum atomic E-state index is 4.48. The van der Waals surface area contributed by atoms with Crippen LogP contribution in [0, 0.1) is 0 Å². The highest BCUT2D eigenvalue weighted by atomic mass is 15.3. The van der Waals surface area contributed by atoms with Crippen LogP contribution in [0.25, 0.3) is 11.6 Å². The number of H-pyrrole nitrogens is 2. The second-order valence-corrected chi connectivity index (χ2v) is 5.54. The van der Waals surface area contributed by atoms with Crippen molar-refractivity contribution in [3.63, 3.8) is 0 Å². The minimum Gasteiger partial charge on any atom is -0.262 e. The molecule has 0 fully saturated rings. The van der Waals surface area contributed by atoms with Crippen molar-refractivity contribution >= 4 is 0 Å². The van der Waals surface area contributed by atoms with Gasteiger partial charge >= 0.3 is 0 Å². The third kappa shape index (κ3) is 3.22. The summed E-state index contributed by atoms with van der Waals surface area (Å²) in [5.41, 5.74) is 2.36. The Balaban J connectivity index is 1.49. The fourth-order valence-electron chi connectivity index (χ4n) is 2.53. The van der Waals surface area contributed by atoms with Crippen molar-refractivity contribution in [2.24, 2.45) is 0 Å². The van der Waals surface area contributed by atoms with Crippen LogP contribution < -0.4 is 0 Å². The van der Waals surface area contributed by atoms with Gasteiger partial charge in [0, 0.05) is 12.8 Å². The van der Waals surface area contributed by atoms with Crippen LogP contribution in [0.5, 0.6) is 0 Å². The summed E-state index contributed by atoms with van der Waals surface area (Å²) in [6.07, 6.45) is 1.41. The second kappa shape index (κ2) is 6.45. The van der Waals surface area contributed by atoms with Crippen molar-refractivity contribution in [1.29, 1.82) is 0 Å². The monoisotopic (exact) mass is 316 g/mol. The molecule has 0 bridgehead atoms. The molecule has 2 aromatic heterocycles. The minimum atomic E-state index is 0.511. The number of nitrogens with one attached hydrogen (secondary N) is 2. The van der Waals surface area contributed by atoms with Gasteiger partial charge in [0.15, 0.2) is 0 Å². The van der Waals surface area contributed by atoms with Crippen LogP contribution in [-0.4, -0.2) is 30.4 Å². The quantitative estimate of drug-likeness (QED) is 0.593. The highest BCUT2D eigenvalue weighted by Crippen LogP contribution is 2.13. The first-order chi connectivity index (χ1) is 11.9. The molecule has 4 aromatic rings. The third-order valence-corrected chi connectivity index (χ3v) is 3.69. The summed E-state index contributed by atoms with van der Waals surface area (Å²) >= 11 is 0. The molecule has 6 heteroatoms. The lowest BCUT2D eigenvalue weighted by atomic mass is 10.1. The molecule has 24 heavy (non-hydrogen) atoms. The zero-order chi connectivity index (χ0) is 16.2. The van der Waals surface area contributed by atoms with Gasteiger partial charge < -0.3 is 0 Å². The van der Waals surface area contributed by atoms with E-state index in [1.54, 1.807) is 0 Å². The molecule has 0 atom stereocenters. The van der Waals surface area contributed by atoms with E-state index >= 15 is 0 Å². The summed E-state index contributed by atoms with van der Waals surface area (Å²) in [6, 6.07) is 20.3. The van der Waals surface area contributed by atoms with Gasteiger partial charge in [-0.25, -0.2) is 9.97 Å². The van der Waals surface area contributed by atoms with Gasteiger partial charge in [-0.15, -0.1) is 10.2 Å². The normalized spacial score (nSPS) is 10.8. The molecule has 118 valence electrons. The number of rotatable bonds is 5. The van der Waals surface area contributed by atoms with E-state index in [1.807, 2.05) is 36.4 Å². The van der Waals surface area contributed by atoms with Crippen LogP contribution in [-0.2, 0) is 12.8 Å². The van der Waals surface area contributed by atoms with Crippen molar-refractivity contribution in [2.75, 3.05) is 0 Å². The molecular formula is C18H16N6. The number of benzene rings is 2. The smallest absolute Gasteiger partial charge is 0.220 e. The number of aromatic amines is 2. The van der Waals surface area contributed by atoms with Crippen molar-refractivity contribution in [3.05, 3.63) is 83.4 Å². The molecule has 0 amide bonds. The number of nitrogens with zero attached hydrogens (tertiary/aromatic N) is 4. The van der Waals surface area contributed by atoms with E-state index in [4.69, 9.17) is 0 Å². The summed E-state index contributed by atoms with van der Waals surface area (Å²) in [6.45, 7) is 0. The topological polar surface area (TPSA) is 83.1 Å². The molecule has 2 aromatic carbocycles. The molecule has 0 saturated carbocycles. The van der Waals surface area contributed by atoms with Gasteiger partial charge in [0.1, 0.15) is 11.6 Å². The molecule has 0 aliphatic rings. The van der Waals surface area contributed by atoms with E-state index in [1.165, 1.54) is 11.1 Å². The average molecular weight is 316 g/mol. The fraction of sp³-hybridized carbons (Fsp3) is 0.111. The Morgan fingerprint density at radius 3 is 1.42 bits per heavy atom. The number of hydrogen-bond donors (Lipinski definition) is 2. The SMILES string of the molecule is c1ccc(Cc2nc(-c3n[nH]c(Cc4ccccc4)n3)n[nH]2)cc1. The van der Waals surface area contributed by atoms with Crippen LogP contribution in [0.3, 0.4) is 0 Å². The average Bonchev–Trinajstić information content (AvgIpc) is 3.26. The largest absolute Gasteiger partial charge is 0.262 e. The lowest BCUT2D eigenvalue weighted by molar-refractivity contribution is 0.970. The molecule has 0 unspecified atom stereocenters. The molecule has 0 radical (unpaired) electrons. The van der Waals surface area contributed by atoms with E-state index in [0.29, 0.717) is 24.5 Å². The molecule has 0 aliphatic heterocycles. The van der Waals surface area contributed by atoms with E-state index < -0.39 is 0 Å². The second-order valence-electron chi connectivity index (χ2n) is 5.54. The standard InChI is InChI=1S/C18H16N6/c1-3-7-13(8-4-1)11-15-19-17(23-21-15)18-20-16(22-24-18)12-14-9-5-2-6-10-14/h1-10H,11-12H2,(H,19,21,23)(H,20,22,24). The first kappa shape index (κ1) is 14.3. The van der Waals surface area contributed by atoms with Gasteiger partial charge in [-0.1, -0.05) is 60.7 Å². The third-order valence-electron chi connectivity index (χ3n) is 3.69. The molecule has 2 heterocycles. The Morgan fingerprint density at radius 1 is 0.583 bits per heavy atom. The summed E-state index contributed by atoms with van der Waals surface area (Å²) in [4.78, 5) is 8.97. The zero-order valence-electron chi connectivity index (χ0n) is 13.0. The van der Waals surface area contributed by atoms with Gasteiger partial charge in [0.2, 0.25) is 11.6 Å². The Kier molecular flexibility index (Phi) is 3.85. The van der Waals surface area contributed by atoms with E-state index in [2.05, 4.69) is 54.6 Å². The Bertz CT molecular complexity index is 833. The highest BCUT2D eigenvalue weighted by Gasteiger charge is 2.12. The van der Waals surface area contributed by atoms with Crippen LogP contribution >= 0.6 is 0 Å². The first-order valence-electron chi connectivity index (χ1n) is 7.77. The molecule has 0 aliphatic carbocycles. The van der Waals surface area contributed by atoms with Crippen LogP contribution in [0.2, 0.25) is 0 Å². The lowest BCUT2D eigenvalue weighted by Gasteiger charge is -1.95. The van der Waals surface area contributed by atoms with Gasteiger partial charge in [-0.2, -0.15) is 0 Å². The lowest BCUT2D eigenvalue weighted by Crippen LogP contribution is -1.91. The fourth-order valence-corrected chi connectivity index (χ4v) is 2.53. The number of aromatic nitrogens is 6. The molecule has 0 saturated heterocycles. The molecule has 2 N–H and O–H groups in total.